The van der Waals surface area contributed by atoms with Gasteiger partial charge in [0.1, 0.15) is 12.6 Å². The number of carbonyl (C=O) groups excluding carboxylic acids is 1. The van der Waals surface area contributed by atoms with E-state index in [4.69, 9.17) is 9.47 Å². The van der Waals surface area contributed by atoms with Crippen molar-refractivity contribution in [3.63, 3.8) is 0 Å². The summed E-state index contributed by atoms with van der Waals surface area (Å²) in [6.45, 7) is 4.56. The summed E-state index contributed by atoms with van der Waals surface area (Å²) in [7, 11) is 1.73. The summed E-state index contributed by atoms with van der Waals surface area (Å²) in [5.74, 6) is 3.51. The summed E-state index contributed by atoms with van der Waals surface area (Å²) < 4.78 is 11.8. The number of ketones is 1. The zero-order chi connectivity index (χ0) is 16.5. The van der Waals surface area contributed by atoms with Crippen molar-refractivity contribution in [2.75, 3.05) is 13.9 Å². The van der Waals surface area contributed by atoms with Crippen LogP contribution in [0.2, 0.25) is 0 Å². The monoisotopic (exact) mass is 330 g/mol. The van der Waals surface area contributed by atoms with Gasteiger partial charge in [0.25, 0.3) is 0 Å². The maximum Gasteiger partial charge on any atom is 0.146 e. The molecule has 6 aliphatic rings. The van der Waals surface area contributed by atoms with Gasteiger partial charge in [-0.15, -0.1) is 6.58 Å². The van der Waals surface area contributed by atoms with Crippen molar-refractivity contribution in [2.45, 2.75) is 57.5 Å². The summed E-state index contributed by atoms with van der Waals surface area (Å²) >= 11 is 0. The molecule has 3 nitrogen and oxygen atoms in total. The van der Waals surface area contributed by atoms with Gasteiger partial charge in [-0.05, 0) is 67.6 Å². The van der Waals surface area contributed by atoms with Gasteiger partial charge in [0.05, 0.1) is 6.10 Å². The molecule has 0 amide bonds. The summed E-state index contributed by atoms with van der Waals surface area (Å²) in [5, 5.41) is 0. The summed E-state index contributed by atoms with van der Waals surface area (Å²) in [6.07, 6.45) is 12.0. The van der Waals surface area contributed by atoms with Crippen LogP contribution in [0.15, 0.2) is 12.7 Å². The van der Waals surface area contributed by atoms with Gasteiger partial charge in [0, 0.05) is 24.9 Å². The number of fused-ring (bicyclic) bond motifs is 1. The van der Waals surface area contributed by atoms with E-state index in [2.05, 4.69) is 12.7 Å². The predicted molar refractivity (Wildman–Crippen MR) is 91.2 cm³/mol. The van der Waals surface area contributed by atoms with Crippen LogP contribution in [0.25, 0.3) is 0 Å². The van der Waals surface area contributed by atoms with Crippen LogP contribution in [-0.4, -0.2) is 25.8 Å². The fourth-order valence-corrected chi connectivity index (χ4v) is 8.42. The topological polar surface area (TPSA) is 35.5 Å². The molecule has 132 valence electrons. The molecular weight excluding hydrogens is 300 g/mol. The van der Waals surface area contributed by atoms with Gasteiger partial charge in [0.15, 0.2) is 0 Å². The van der Waals surface area contributed by atoms with Crippen LogP contribution in [0, 0.1) is 40.4 Å². The maximum absolute atomic E-state index is 12.6. The standard InChI is InChI=1S/C21H30O3/c1-3-13-5-4-7-21-15(13)6-8-20-11-17(22)14(10-18(20)21)9-16(20)19(21)24-12-23-2/h3,13-16,18-19H,1,4-12H2,2H3/t13?,14?,15?,16?,18?,19-,20?,21?/m1/s1. The number of hydrogen-bond donors (Lipinski definition) is 0. The van der Waals surface area contributed by atoms with Crippen LogP contribution in [0.3, 0.4) is 0 Å². The van der Waals surface area contributed by atoms with Crippen LogP contribution < -0.4 is 0 Å². The van der Waals surface area contributed by atoms with E-state index >= 15 is 0 Å². The first-order chi connectivity index (χ1) is 11.7. The third kappa shape index (κ3) is 1.64. The smallest absolute Gasteiger partial charge is 0.146 e. The number of ether oxygens (including phenoxy) is 2. The van der Waals surface area contributed by atoms with E-state index in [0.717, 1.165) is 19.3 Å². The first-order valence-electron chi connectivity index (χ1n) is 9.93. The van der Waals surface area contributed by atoms with Crippen LogP contribution in [0.5, 0.6) is 0 Å². The van der Waals surface area contributed by atoms with Gasteiger partial charge in [-0.25, -0.2) is 0 Å². The Morgan fingerprint density at radius 3 is 2.92 bits per heavy atom. The lowest BCUT2D eigenvalue weighted by Gasteiger charge is -2.60. The molecule has 0 heterocycles. The molecular formula is C21H30O3. The van der Waals surface area contributed by atoms with Gasteiger partial charge in [-0.1, -0.05) is 12.5 Å². The van der Waals surface area contributed by atoms with Crippen molar-refractivity contribution in [3.05, 3.63) is 12.7 Å². The van der Waals surface area contributed by atoms with Gasteiger partial charge in [0.2, 0.25) is 0 Å². The second kappa shape index (κ2) is 5.17. The molecule has 6 aliphatic carbocycles. The number of carbonyl (C=O) groups is 1. The van der Waals surface area contributed by atoms with Gasteiger partial charge < -0.3 is 9.47 Å². The highest BCUT2D eigenvalue weighted by Crippen LogP contribution is 2.79. The van der Waals surface area contributed by atoms with Gasteiger partial charge >= 0.3 is 0 Å². The van der Waals surface area contributed by atoms with Crippen molar-refractivity contribution in [2.24, 2.45) is 40.4 Å². The molecule has 3 heteroatoms. The Morgan fingerprint density at radius 2 is 2.12 bits per heavy atom. The lowest BCUT2D eigenvalue weighted by Crippen LogP contribution is -2.56. The average Bonchev–Trinajstić information content (AvgIpc) is 2.71. The predicted octanol–water partition coefficient (Wildman–Crippen LogP) is 3.97. The quantitative estimate of drug-likeness (QED) is 0.578. The van der Waals surface area contributed by atoms with Crippen LogP contribution in [-0.2, 0) is 14.3 Å². The van der Waals surface area contributed by atoms with E-state index in [1.807, 2.05) is 0 Å². The number of rotatable bonds is 4. The van der Waals surface area contributed by atoms with Crippen LogP contribution >= 0.6 is 0 Å². The fraction of sp³-hybridized carbons (Fsp3) is 0.857. The molecule has 7 unspecified atom stereocenters. The molecule has 6 fully saturated rings. The average molecular weight is 330 g/mol. The molecule has 0 saturated heterocycles. The Bertz CT molecular complexity index is 571. The summed E-state index contributed by atoms with van der Waals surface area (Å²) in [5.41, 5.74) is 0.539. The molecule has 2 spiro atoms. The molecule has 0 aliphatic heterocycles. The van der Waals surface area contributed by atoms with E-state index in [-0.39, 0.29) is 10.8 Å². The Morgan fingerprint density at radius 1 is 1.25 bits per heavy atom. The Labute approximate surface area is 145 Å². The second-order valence-electron chi connectivity index (χ2n) is 9.25. The Hall–Kier alpha value is -0.670. The van der Waals surface area contributed by atoms with E-state index in [9.17, 15) is 4.79 Å². The summed E-state index contributed by atoms with van der Waals surface area (Å²) in [6, 6.07) is 0. The maximum atomic E-state index is 12.6. The van der Waals surface area contributed by atoms with Crippen molar-refractivity contribution >= 4 is 5.78 Å². The highest BCUT2D eigenvalue weighted by molar-refractivity contribution is 5.84. The lowest BCUT2D eigenvalue weighted by molar-refractivity contribution is -0.164. The molecule has 0 radical (unpaired) electrons. The zero-order valence-electron chi connectivity index (χ0n) is 14.8. The molecule has 0 aromatic rings. The molecule has 0 aromatic heterocycles. The van der Waals surface area contributed by atoms with Crippen molar-refractivity contribution in [3.8, 4) is 0 Å². The molecule has 6 saturated carbocycles. The highest BCUT2D eigenvalue weighted by Gasteiger charge is 2.76. The van der Waals surface area contributed by atoms with E-state index in [1.165, 1.54) is 32.1 Å². The minimum Gasteiger partial charge on any atom is -0.359 e. The highest BCUT2D eigenvalue weighted by atomic mass is 16.7. The van der Waals surface area contributed by atoms with Crippen molar-refractivity contribution in [1.29, 1.82) is 0 Å². The summed E-state index contributed by atoms with van der Waals surface area (Å²) in [4.78, 5) is 12.6. The Kier molecular flexibility index (Phi) is 3.35. The molecule has 8 atom stereocenters. The normalized spacial score (nSPS) is 54.6. The van der Waals surface area contributed by atoms with Gasteiger partial charge in [-0.3, -0.25) is 4.79 Å². The lowest BCUT2D eigenvalue weighted by atomic mass is 9.43. The van der Waals surface area contributed by atoms with E-state index in [1.54, 1.807) is 7.11 Å². The third-order valence-electron chi connectivity index (χ3n) is 8.94. The number of Topliss-reactive ketones (excluding diaryl/α,β-unsaturated/α-hetero) is 1. The minimum absolute atomic E-state index is 0.254. The zero-order valence-corrected chi connectivity index (χ0v) is 14.8. The fourth-order valence-electron chi connectivity index (χ4n) is 8.42. The number of allylic oxidation sites excluding steroid dienone is 1. The molecule has 24 heavy (non-hydrogen) atoms. The van der Waals surface area contributed by atoms with Crippen molar-refractivity contribution < 1.29 is 14.3 Å². The second-order valence-corrected chi connectivity index (χ2v) is 9.25. The van der Waals surface area contributed by atoms with E-state index < -0.39 is 0 Å². The van der Waals surface area contributed by atoms with Crippen LogP contribution in [0.4, 0.5) is 0 Å². The molecule has 6 rings (SSSR count). The van der Waals surface area contributed by atoms with Crippen LogP contribution in [0.1, 0.15) is 51.4 Å². The minimum atomic E-state index is 0.254. The molecule has 0 N–H and O–H groups in total. The first-order valence-corrected chi connectivity index (χ1v) is 9.93. The largest absolute Gasteiger partial charge is 0.359 e. The first kappa shape index (κ1) is 15.6. The van der Waals surface area contributed by atoms with E-state index in [0.29, 0.717) is 48.3 Å². The molecule has 0 aromatic carbocycles. The Balaban J connectivity index is 1.63. The SMILES string of the molecule is C=CC1CCCC23C1CCC14CC(=O)C(CC1[C@H]2OCOC)CC43. The van der Waals surface area contributed by atoms with Crippen molar-refractivity contribution in [1.82, 2.24) is 0 Å². The third-order valence-corrected chi connectivity index (χ3v) is 8.94. The molecule has 5 bridgehead atoms. The number of hydrogen-bond acceptors (Lipinski definition) is 3. The number of methoxy groups -OCH3 is 1. The van der Waals surface area contributed by atoms with Gasteiger partial charge in [-0.2, -0.15) is 0 Å².